The topological polar surface area (TPSA) is 92.8 Å². The molecule has 3 aromatic carbocycles. The van der Waals surface area contributed by atoms with Crippen molar-refractivity contribution in [3.05, 3.63) is 99.4 Å². The van der Waals surface area contributed by atoms with Gasteiger partial charge in [0.05, 0.1) is 10.5 Å². The molecule has 1 saturated heterocycles. The molecule has 3 amide bonds. The van der Waals surface area contributed by atoms with E-state index in [9.17, 15) is 19.2 Å². The van der Waals surface area contributed by atoms with Crippen LogP contribution in [0.5, 0.6) is 5.75 Å². The van der Waals surface area contributed by atoms with E-state index in [0.717, 1.165) is 21.1 Å². The van der Waals surface area contributed by atoms with E-state index in [1.54, 1.807) is 78.9 Å². The second-order valence-electron chi connectivity index (χ2n) is 7.15. The van der Waals surface area contributed by atoms with Crippen LogP contribution in [0.15, 0.2) is 88.2 Å². The van der Waals surface area contributed by atoms with Gasteiger partial charge >= 0.3 is 5.97 Å². The Bertz CT molecular complexity index is 1270. The molecule has 0 spiro atoms. The lowest BCUT2D eigenvalue weighted by molar-refractivity contribution is -0.127. The highest BCUT2D eigenvalue weighted by atomic mass is 79.9. The summed E-state index contributed by atoms with van der Waals surface area (Å²) in [6.07, 6.45) is 1.56. The molecule has 0 aliphatic carbocycles. The Kier molecular flexibility index (Phi) is 7.24. The van der Waals surface area contributed by atoms with Gasteiger partial charge in [-0.2, -0.15) is 0 Å². The van der Waals surface area contributed by atoms with Crippen molar-refractivity contribution in [2.45, 2.75) is 0 Å². The molecule has 0 radical (unpaired) electrons. The Morgan fingerprint density at radius 3 is 2.29 bits per heavy atom. The number of benzene rings is 3. The molecule has 0 aromatic heterocycles. The number of esters is 1. The summed E-state index contributed by atoms with van der Waals surface area (Å²) in [5.74, 6) is -1.15. The third kappa shape index (κ3) is 5.81. The number of rotatable bonds is 6. The molecule has 0 bridgehead atoms. The first-order valence-electron chi connectivity index (χ1n) is 10.1. The van der Waals surface area contributed by atoms with Crippen molar-refractivity contribution in [1.29, 1.82) is 0 Å². The molecule has 1 N–H and O–H groups in total. The van der Waals surface area contributed by atoms with Gasteiger partial charge in [-0.05, 0) is 71.9 Å². The van der Waals surface area contributed by atoms with Crippen molar-refractivity contribution in [2.75, 3.05) is 11.9 Å². The number of thioether (sulfide) groups is 1. The highest BCUT2D eigenvalue weighted by Crippen LogP contribution is 2.32. The molecule has 0 atom stereocenters. The lowest BCUT2D eigenvalue weighted by Crippen LogP contribution is -2.36. The van der Waals surface area contributed by atoms with Crippen molar-refractivity contribution in [2.24, 2.45) is 0 Å². The molecular formula is C25H17BrN2O5S. The van der Waals surface area contributed by atoms with Gasteiger partial charge in [-0.25, -0.2) is 4.79 Å². The molecule has 4 rings (SSSR count). The number of imide groups is 1. The molecular weight excluding hydrogens is 520 g/mol. The van der Waals surface area contributed by atoms with E-state index in [1.807, 2.05) is 6.07 Å². The summed E-state index contributed by atoms with van der Waals surface area (Å²) >= 11 is 4.08. The molecule has 34 heavy (non-hydrogen) atoms. The Balaban J connectivity index is 1.38. The summed E-state index contributed by atoms with van der Waals surface area (Å²) in [6.45, 7) is -0.373. The van der Waals surface area contributed by atoms with Crippen LogP contribution >= 0.6 is 27.7 Å². The Morgan fingerprint density at radius 1 is 0.941 bits per heavy atom. The minimum atomic E-state index is -0.538. The maximum absolute atomic E-state index is 12.7. The number of carbonyl (C=O) groups excluding carboxylic acids is 4. The third-order valence-electron chi connectivity index (χ3n) is 4.70. The fourth-order valence-corrected chi connectivity index (χ4v) is 4.14. The summed E-state index contributed by atoms with van der Waals surface area (Å²) in [4.78, 5) is 50.5. The zero-order valence-electron chi connectivity index (χ0n) is 17.6. The smallest absolute Gasteiger partial charge is 0.343 e. The number of nitrogens with one attached hydrogen (secondary N) is 1. The average Bonchev–Trinajstić information content (AvgIpc) is 3.08. The number of nitrogens with zero attached hydrogens (tertiary/aromatic N) is 1. The molecule has 9 heteroatoms. The summed E-state index contributed by atoms with van der Waals surface area (Å²) in [5.41, 5.74) is 1.64. The van der Waals surface area contributed by atoms with Crippen molar-refractivity contribution in [3.8, 4) is 5.75 Å². The number of ether oxygens (including phenoxy) is 1. The normalized spacial score (nSPS) is 14.4. The van der Waals surface area contributed by atoms with Crippen molar-refractivity contribution < 1.29 is 23.9 Å². The van der Waals surface area contributed by atoms with Crippen molar-refractivity contribution in [1.82, 2.24) is 4.90 Å². The molecule has 1 heterocycles. The molecule has 1 fully saturated rings. The van der Waals surface area contributed by atoms with Gasteiger partial charge in [0, 0.05) is 10.2 Å². The highest BCUT2D eigenvalue weighted by molar-refractivity contribution is 9.10. The Morgan fingerprint density at radius 2 is 1.62 bits per heavy atom. The number of amides is 3. The predicted molar refractivity (Wildman–Crippen MR) is 133 cm³/mol. The second-order valence-corrected chi connectivity index (χ2v) is 9.06. The zero-order chi connectivity index (χ0) is 24.1. The quantitative estimate of drug-likeness (QED) is 0.259. The van der Waals surface area contributed by atoms with Gasteiger partial charge in [0.2, 0.25) is 5.91 Å². The van der Waals surface area contributed by atoms with E-state index in [4.69, 9.17) is 4.74 Å². The number of halogens is 1. The fourth-order valence-electron chi connectivity index (χ4n) is 3.04. The molecule has 170 valence electrons. The predicted octanol–water partition coefficient (Wildman–Crippen LogP) is 5.34. The first kappa shape index (κ1) is 23.5. The molecule has 0 saturated carbocycles. The van der Waals surface area contributed by atoms with Crippen LogP contribution in [0.25, 0.3) is 6.08 Å². The number of para-hydroxylation sites is 1. The molecule has 0 unspecified atom stereocenters. The number of hydrogen-bond acceptors (Lipinski definition) is 6. The van der Waals surface area contributed by atoms with Crippen molar-refractivity contribution >= 4 is 62.5 Å². The summed E-state index contributed by atoms with van der Waals surface area (Å²) in [7, 11) is 0. The molecule has 1 aliphatic rings. The van der Waals surface area contributed by atoms with Gasteiger partial charge in [-0.15, -0.1) is 0 Å². The number of anilines is 1. The van der Waals surface area contributed by atoms with Gasteiger partial charge in [0.25, 0.3) is 11.1 Å². The van der Waals surface area contributed by atoms with E-state index in [-0.39, 0.29) is 11.4 Å². The van der Waals surface area contributed by atoms with Gasteiger partial charge in [0.1, 0.15) is 12.3 Å². The summed E-state index contributed by atoms with van der Waals surface area (Å²) in [5, 5.41) is 2.14. The first-order valence-corrected chi connectivity index (χ1v) is 11.7. The molecule has 1 aliphatic heterocycles. The monoisotopic (exact) mass is 536 g/mol. The van der Waals surface area contributed by atoms with Crippen LogP contribution < -0.4 is 10.1 Å². The third-order valence-corrected chi connectivity index (χ3v) is 6.14. The lowest BCUT2D eigenvalue weighted by atomic mass is 10.2. The van der Waals surface area contributed by atoms with E-state index in [2.05, 4.69) is 21.2 Å². The standard InChI is InChI=1S/C25H17BrN2O5S/c26-18-10-8-17(9-11-18)24(31)33-20-12-6-16(7-13-20)14-21-23(30)28(25(32)34-21)15-22(29)27-19-4-2-1-3-5-19/h1-14H,15H2,(H,27,29)/b21-14-. The van der Waals surface area contributed by atoms with Crippen LogP contribution in [-0.4, -0.2) is 34.5 Å². The summed E-state index contributed by atoms with van der Waals surface area (Å²) < 4.78 is 6.22. The van der Waals surface area contributed by atoms with Crippen LogP contribution in [0, 0.1) is 0 Å². The van der Waals surface area contributed by atoms with Gasteiger partial charge in [-0.3, -0.25) is 19.3 Å². The van der Waals surface area contributed by atoms with Gasteiger partial charge in [-0.1, -0.05) is 46.3 Å². The van der Waals surface area contributed by atoms with E-state index in [0.29, 0.717) is 22.6 Å². The van der Waals surface area contributed by atoms with E-state index < -0.39 is 23.0 Å². The molecule has 3 aromatic rings. The first-order chi connectivity index (χ1) is 16.4. The minimum absolute atomic E-state index is 0.206. The maximum atomic E-state index is 12.7. The van der Waals surface area contributed by atoms with Gasteiger partial charge in [0.15, 0.2) is 0 Å². The van der Waals surface area contributed by atoms with Crippen LogP contribution in [0.2, 0.25) is 0 Å². The maximum Gasteiger partial charge on any atom is 0.343 e. The molecule has 7 nitrogen and oxygen atoms in total. The van der Waals surface area contributed by atoms with Crippen molar-refractivity contribution in [3.63, 3.8) is 0 Å². The zero-order valence-corrected chi connectivity index (χ0v) is 20.0. The van der Waals surface area contributed by atoms with Crippen LogP contribution in [0.3, 0.4) is 0 Å². The lowest BCUT2D eigenvalue weighted by Gasteiger charge is -2.12. The minimum Gasteiger partial charge on any atom is -0.423 e. The second kappa shape index (κ2) is 10.5. The Labute approximate surface area is 207 Å². The Hall–Kier alpha value is -3.69. The summed E-state index contributed by atoms with van der Waals surface area (Å²) in [6, 6.07) is 22.1. The highest BCUT2D eigenvalue weighted by Gasteiger charge is 2.36. The van der Waals surface area contributed by atoms with Crippen LogP contribution in [0.4, 0.5) is 10.5 Å². The van der Waals surface area contributed by atoms with E-state index >= 15 is 0 Å². The largest absolute Gasteiger partial charge is 0.423 e. The fraction of sp³-hybridized carbons (Fsp3) is 0.0400. The van der Waals surface area contributed by atoms with Gasteiger partial charge < -0.3 is 10.1 Å². The average molecular weight is 537 g/mol. The number of hydrogen-bond donors (Lipinski definition) is 1. The van der Waals surface area contributed by atoms with E-state index in [1.165, 1.54) is 0 Å². The van der Waals surface area contributed by atoms with Crippen LogP contribution in [0.1, 0.15) is 15.9 Å². The SMILES string of the molecule is O=C(CN1C(=O)S/C(=C\c2ccc(OC(=O)c3ccc(Br)cc3)cc2)C1=O)Nc1ccccc1. The van der Waals surface area contributed by atoms with Crippen LogP contribution in [-0.2, 0) is 9.59 Å². The number of carbonyl (C=O) groups is 4.